The maximum absolute atomic E-state index is 11.9. The van der Waals surface area contributed by atoms with E-state index >= 15 is 0 Å². The Labute approximate surface area is 169 Å². The van der Waals surface area contributed by atoms with Crippen molar-refractivity contribution < 1.29 is 14.0 Å². The minimum Gasteiger partial charge on any atom is -0.472 e. The summed E-state index contributed by atoms with van der Waals surface area (Å²) >= 11 is 0. The number of hydrogen-bond donors (Lipinski definition) is 2. The number of rotatable bonds is 7. The van der Waals surface area contributed by atoms with Gasteiger partial charge in [0.15, 0.2) is 0 Å². The normalized spacial score (nSPS) is 12.5. The van der Waals surface area contributed by atoms with Gasteiger partial charge in [0, 0.05) is 25.3 Å². The van der Waals surface area contributed by atoms with Crippen molar-refractivity contribution in [2.24, 2.45) is 0 Å². The smallest absolute Gasteiger partial charge is 0.254 e. The molecular formula is C23H23N3O3. The van der Waals surface area contributed by atoms with Gasteiger partial charge in [-0.1, -0.05) is 42.5 Å². The Kier molecular flexibility index (Phi) is 5.61. The fraction of sp³-hybridized carbons (Fsp3) is 0.217. The Hall–Kier alpha value is -3.54. The number of hydrogen-bond acceptors (Lipinski definition) is 4. The van der Waals surface area contributed by atoms with E-state index in [2.05, 4.69) is 51.9 Å². The quantitative estimate of drug-likeness (QED) is 0.652. The second kappa shape index (κ2) is 8.65. The van der Waals surface area contributed by atoms with Crippen molar-refractivity contribution in [2.45, 2.75) is 19.5 Å². The molecule has 0 spiro atoms. The molecule has 0 radical (unpaired) electrons. The van der Waals surface area contributed by atoms with Crippen molar-refractivity contribution in [1.82, 2.24) is 10.6 Å². The van der Waals surface area contributed by atoms with Crippen molar-refractivity contribution in [3.05, 3.63) is 89.4 Å². The molecule has 2 heterocycles. The average Bonchev–Trinajstić information content (AvgIpc) is 3.42. The van der Waals surface area contributed by atoms with Crippen LogP contribution in [0.3, 0.4) is 0 Å². The highest BCUT2D eigenvalue weighted by molar-refractivity contribution is 5.96. The standard InChI is InChI=1S/C23H23N3O3/c27-22(14-25-23(28)20-10-12-29-16-20)24-13-17-5-7-18(8-6-17)15-26-11-9-19-3-1-2-4-21(19)26/h1-8,10,12,16H,9,11,13-15H2,(H,24,27)(H,25,28). The van der Waals surface area contributed by atoms with Gasteiger partial charge >= 0.3 is 0 Å². The molecule has 0 atom stereocenters. The molecule has 6 nitrogen and oxygen atoms in total. The molecule has 0 fully saturated rings. The minimum atomic E-state index is -0.332. The Morgan fingerprint density at radius 3 is 2.55 bits per heavy atom. The summed E-state index contributed by atoms with van der Waals surface area (Å²) in [4.78, 5) is 26.1. The zero-order valence-corrected chi connectivity index (χ0v) is 16.1. The van der Waals surface area contributed by atoms with Gasteiger partial charge in [-0.2, -0.15) is 0 Å². The predicted molar refractivity (Wildman–Crippen MR) is 111 cm³/mol. The summed E-state index contributed by atoms with van der Waals surface area (Å²) in [6.07, 6.45) is 3.86. The SMILES string of the molecule is O=C(CNC(=O)c1ccoc1)NCc1ccc(CN2CCc3ccccc32)cc1. The summed E-state index contributed by atoms with van der Waals surface area (Å²) in [7, 11) is 0. The molecule has 2 aromatic carbocycles. The van der Waals surface area contributed by atoms with Gasteiger partial charge in [-0.25, -0.2) is 0 Å². The number of nitrogens with zero attached hydrogens (tertiary/aromatic N) is 1. The van der Waals surface area contributed by atoms with Crippen molar-refractivity contribution in [3.8, 4) is 0 Å². The molecule has 0 bridgehead atoms. The molecule has 0 unspecified atom stereocenters. The molecule has 4 rings (SSSR count). The largest absolute Gasteiger partial charge is 0.472 e. The monoisotopic (exact) mass is 389 g/mol. The fourth-order valence-corrected chi connectivity index (χ4v) is 3.47. The van der Waals surface area contributed by atoms with Crippen LogP contribution >= 0.6 is 0 Å². The van der Waals surface area contributed by atoms with Crippen molar-refractivity contribution in [1.29, 1.82) is 0 Å². The maximum Gasteiger partial charge on any atom is 0.254 e. The first-order valence-corrected chi connectivity index (χ1v) is 9.67. The highest BCUT2D eigenvalue weighted by atomic mass is 16.3. The van der Waals surface area contributed by atoms with E-state index in [1.54, 1.807) is 6.07 Å². The number of benzene rings is 2. The molecule has 2 amide bonds. The molecule has 1 aliphatic heterocycles. The summed E-state index contributed by atoms with van der Waals surface area (Å²) in [5.41, 5.74) is 5.39. The lowest BCUT2D eigenvalue weighted by molar-refractivity contribution is -0.120. The van der Waals surface area contributed by atoms with Crippen molar-refractivity contribution in [2.75, 3.05) is 18.0 Å². The third kappa shape index (κ3) is 4.66. The fourth-order valence-electron chi connectivity index (χ4n) is 3.47. The Bertz CT molecular complexity index is 981. The molecule has 1 aromatic heterocycles. The molecule has 0 saturated heterocycles. The zero-order chi connectivity index (χ0) is 20.1. The van der Waals surface area contributed by atoms with Crippen LogP contribution in [0.1, 0.15) is 27.0 Å². The molecule has 6 heteroatoms. The molecule has 148 valence electrons. The summed E-state index contributed by atoms with van der Waals surface area (Å²) in [6, 6.07) is 18.4. The van der Waals surface area contributed by atoms with E-state index in [0.717, 1.165) is 25.1 Å². The maximum atomic E-state index is 11.9. The minimum absolute atomic E-state index is 0.0730. The number of carbonyl (C=O) groups is 2. The van der Waals surface area contributed by atoms with Gasteiger partial charge in [-0.15, -0.1) is 0 Å². The lowest BCUT2D eigenvalue weighted by Gasteiger charge is -2.19. The Balaban J connectivity index is 1.23. The van der Waals surface area contributed by atoms with Crippen LogP contribution in [0.15, 0.2) is 71.5 Å². The van der Waals surface area contributed by atoms with E-state index in [1.807, 2.05) is 12.1 Å². The van der Waals surface area contributed by atoms with Crippen LogP contribution in [0.2, 0.25) is 0 Å². The zero-order valence-electron chi connectivity index (χ0n) is 16.1. The number of para-hydroxylation sites is 1. The van der Waals surface area contributed by atoms with Crippen molar-refractivity contribution in [3.63, 3.8) is 0 Å². The van der Waals surface area contributed by atoms with Crippen LogP contribution in [-0.4, -0.2) is 24.9 Å². The highest BCUT2D eigenvalue weighted by Gasteiger charge is 2.18. The third-order valence-corrected chi connectivity index (χ3v) is 5.06. The van der Waals surface area contributed by atoms with Gasteiger partial charge in [0.25, 0.3) is 5.91 Å². The first-order valence-electron chi connectivity index (χ1n) is 9.67. The number of nitrogens with one attached hydrogen (secondary N) is 2. The first-order chi connectivity index (χ1) is 14.2. The van der Waals surface area contributed by atoms with Crippen LogP contribution in [0, 0.1) is 0 Å². The summed E-state index contributed by atoms with van der Waals surface area (Å²) in [6.45, 7) is 2.27. The van der Waals surface area contributed by atoms with Crippen molar-refractivity contribution >= 4 is 17.5 Å². The van der Waals surface area contributed by atoms with Gasteiger partial charge in [0.05, 0.1) is 18.4 Å². The molecule has 2 N–H and O–H groups in total. The number of furan rings is 1. The van der Waals surface area contributed by atoms with Crippen LogP contribution in [0.4, 0.5) is 5.69 Å². The molecule has 3 aromatic rings. The van der Waals surface area contributed by atoms with E-state index in [1.165, 1.54) is 29.3 Å². The van der Waals surface area contributed by atoms with Gasteiger partial charge in [-0.3, -0.25) is 9.59 Å². The van der Waals surface area contributed by atoms with Gasteiger partial charge in [0.1, 0.15) is 6.26 Å². The van der Waals surface area contributed by atoms with Gasteiger partial charge in [-0.05, 0) is 35.2 Å². The summed E-state index contributed by atoms with van der Waals surface area (Å²) in [5, 5.41) is 5.38. The molecular weight excluding hydrogens is 366 g/mol. The van der Waals surface area contributed by atoms with E-state index < -0.39 is 0 Å². The highest BCUT2D eigenvalue weighted by Crippen LogP contribution is 2.28. The number of fused-ring (bicyclic) bond motifs is 1. The summed E-state index contributed by atoms with van der Waals surface area (Å²) < 4.78 is 4.85. The lowest BCUT2D eigenvalue weighted by Crippen LogP contribution is -2.36. The van der Waals surface area contributed by atoms with Gasteiger partial charge < -0.3 is 20.0 Å². The molecule has 29 heavy (non-hydrogen) atoms. The van der Waals surface area contributed by atoms with Crippen LogP contribution in [0.25, 0.3) is 0 Å². The first kappa shape index (κ1) is 18.8. The topological polar surface area (TPSA) is 74.6 Å². The second-order valence-corrected chi connectivity index (χ2v) is 7.09. The lowest BCUT2D eigenvalue weighted by atomic mass is 10.1. The predicted octanol–water partition coefficient (Wildman–Crippen LogP) is 2.89. The number of anilines is 1. The summed E-state index contributed by atoms with van der Waals surface area (Å²) in [5.74, 6) is -0.568. The average molecular weight is 389 g/mol. The number of amides is 2. The van der Waals surface area contributed by atoms with Gasteiger partial charge in [0.2, 0.25) is 5.91 Å². The van der Waals surface area contributed by atoms with E-state index in [-0.39, 0.29) is 18.4 Å². The van der Waals surface area contributed by atoms with Crippen LogP contribution in [0.5, 0.6) is 0 Å². The molecule has 0 saturated carbocycles. The molecule has 0 aliphatic carbocycles. The van der Waals surface area contributed by atoms with E-state index in [4.69, 9.17) is 4.42 Å². The Morgan fingerprint density at radius 2 is 1.76 bits per heavy atom. The van der Waals surface area contributed by atoms with E-state index in [0.29, 0.717) is 12.1 Å². The Morgan fingerprint density at radius 1 is 0.966 bits per heavy atom. The van der Waals surface area contributed by atoms with Crippen LogP contribution in [-0.2, 0) is 24.3 Å². The van der Waals surface area contributed by atoms with E-state index in [9.17, 15) is 9.59 Å². The third-order valence-electron chi connectivity index (χ3n) is 5.06. The number of carbonyl (C=O) groups excluding carboxylic acids is 2. The molecule has 1 aliphatic rings. The van der Waals surface area contributed by atoms with Crippen LogP contribution < -0.4 is 15.5 Å². The second-order valence-electron chi connectivity index (χ2n) is 7.09.